The fourth-order valence-electron chi connectivity index (χ4n) is 2.00. The van der Waals surface area contributed by atoms with Crippen LogP contribution in [-0.4, -0.2) is 16.0 Å². The van der Waals surface area contributed by atoms with Crippen molar-refractivity contribution in [3.05, 3.63) is 40.2 Å². The number of nitrogens with zero attached hydrogens (tertiary/aromatic N) is 2. The summed E-state index contributed by atoms with van der Waals surface area (Å²) >= 11 is 2.30. The number of aromatic nitrogens is 2. The lowest BCUT2D eigenvalue weighted by Gasteiger charge is -2.13. The van der Waals surface area contributed by atoms with Gasteiger partial charge in [-0.25, -0.2) is 9.97 Å². The first-order valence-electron chi connectivity index (χ1n) is 6.41. The van der Waals surface area contributed by atoms with Gasteiger partial charge in [0.15, 0.2) is 11.6 Å². The molecule has 102 valence electrons. The van der Waals surface area contributed by atoms with Crippen LogP contribution in [0.1, 0.15) is 13.8 Å². The van der Waals surface area contributed by atoms with E-state index in [1.807, 2.05) is 24.3 Å². The highest BCUT2D eigenvalue weighted by molar-refractivity contribution is 14.1. The molecule has 1 N–H and O–H groups in total. The summed E-state index contributed by atoms with van der Waals surface area (Å²) in [6.45, 7) is 4.18. The molecule has 0 saturated carbocycles. The molecule has 20 heavy (non-hydrogen) atoms. The minimum Gasteiger partial charge on any atom is -0.461 e. The summed E-state index contributed by atoms with van der Waals surface area (Å²) < 4.78 is 6.56. The molecule has 0 spiro atoms. The van der Waals surface area contributed by atoms with Gasteiger partial charge in [-0.1, -0.05) is 0 Å². The van der Waals surface area contributed by atoms with Crippen molar-refractivity contribution in [2.75, 3.05) is 5.32 Å². The zero-order valence-corrected chi connectivity index (χ0v) is 13.4. The Labute approximate surface area is 130 Å². The lowest BCUT2D eigenvalue weighted by molar-refractivity contribution is 0.577. The fourth-order valence-corrected chi connectivity index (χ4v) is 2.49. The average Bonchev–Trinajstić information content (AvgIpc) is 2.92. The Morgan fingerprint density at radius 2 is 2.05 bits per heavy atom. The number of fused-ring (bicyclic) bond motifs is 1. The monoisotopic (exact) mass is 379 g/mol. The van der Waals surface area contributed by atoms with Crippen molar-refractivity contribution in [3.63, 3.8) is 0 Å². The van der Waals surface area contributed by atoms with Crippen molar-refractivity contribution >= 4 is 39.3 Å². The van der Waals surface area contributed by atoms with Gasteiger partial charge in [-0.15, -0.1) is 0 Å². The summed E-state index contributed by atoms with van der Waals surface area (Å²) in [6, 6.07) is 10.2. The van der Waals surface area contributed by atoms with Crippen LogP contribution in [0.3, 0.4) is 0 Å². The van der Waals surface area contributed by atoms with E-state index in [-0.39, 0.29) is 0 Å². The largest absolute Gasteiger partial charge is 0.461 e. The number of hydrogen-bond acceptors (Lipinski definition) is 4. The lowest BCUT2D eigenvalue weighted by atomic mass is 10.2. The summed E-state index contributed by atoms with van der Waals surface area (Å²) in [5.74, 6) is 2.12. The van der Waals surface area contributed by atoms with Gasteiger partial charge in [0.05, 0.1) is 11.8 Å². The van der Waals surface area contributed by atoms with Gasteiger partial charge in [0.25, 0.3) is 0 Å². The van der Waals surface area contributed by atoms with Gasteiger partial charge in [0.1, 0.15) is 5.82 Å². The van der Waals surface area contributed by atoms with Crippen LogP contribution in [-0.2, 0) is 0 Å². The average molecular weight is 379 g/mol. The smallest absolute Gasteiger partial charge is 0.198 e. The van der Waals surface area contributed by atoms with E-state index in [1.54, 1.807) is 6.26 Å². The normalized spacial score (nSPS) is 11.2. The molecule has 2 heterocycles. The fraction of sp³-hybridized carbons (Fsp3) is 0.200. The molecule has 0 aliphatic carbocycles. The third kappa shape index (κ3) is 2.63. The standard InChI is InChI=1S/C15H14IN3O/c1-9(2)17-14-11-8-10(16)5-6-12(11)18-15(19-14)13-4-3-7-20-13/h3-9H,1-2H3,(H,17,18,19). The summed E-state index contributed by atoms with van der Waals surface area (Å²) in [5.41, 5.74) is 0.912. The predicted octanol–water partition coefficient (Wildman–Crippen LogP) is 4.31. The van der Waals surface area contributed by atoms with E-state index in [1.165, 1.54) is 0 Å². The van der Waals surface area contributed by atoms with Gasteiger partial charge in [-0.05, 0) is 66.8 Å². The van der Waals surface area contributed by atoms with Gasteiger partial charge in [-0.2, -0.15) is 0 Å². The van der Waals surface area contributed by atoms with Crippen molar-refractivity contribution < 1.29 is 4.42 Å². The Bertz CT molecular complexity index is 738. The van der Waals surface area contributed by atoms with E-state index in [0.29, 0.717) is 17.6 Å². The van der Waals surface area contributed by atoms with Gasteiger partial charge in [0.2, 0.25) is 0 Å². The highest BCUT2D eigenvalue weighted by Gasteiger charge is 2.12. The molecule has 0 saturated heterocycles. The maximum absolute atomic E-state index is 5.40. The summed E-state index contributed by atoms with van der Waals surface area (Å²) in [5, 5.41) is 4.41. The van der Waals surface area contributed by atoms with Gasteiger partial charge in [-0.3, -0.25) is 0 Å². The van der Waals surface area contributed by atoms with Crippen molar-refractivity contribution in [2.24, 2.45) is 0 Å². The van der Waals surface area contributed by atoms with Crippen LogP contribution in [0.15, 0.2) is 41.0 Å². The molecule has 1 aromatic carbocycles. The Balaban J connectivity index is 2.22. The predicted molar refractivity (Wildman–Crippen MR) is 88.7 cm³/mol. The molecule has 3 aromatic rings. The minimum absolute atomic E-state index is 0.301. The molecule has 3 rings (SSSR count). The Morgan fingerprint density at radius 1 is 1.20 bits per heavy atom. The second-order valence-electron chi connectivity index (χ2n) is 4.83. The molecule has 0 fully saturated rings. The number of hydrogen-bond donors (Lipinski definition) is 1. The molecule has 0 aliphatic heterocycles. The van der Waals surface area contributed by atoms with Crippen LogP contribution in [0, 0.1) is 3.57 Å². The number of nitrogens with one attached hydrogen (secondary N) is 1. The number of anilines is 1. The molecule has 4 nitrogen and oxygen atoms in total. The zero-order chi connectivity index (χ0) is 14.1. The molecule has 0 atom stereocenters. The molecular weight excluding hydrogens is 365 g/mol. The molecular formula is C15H14IN3O. The van der Waals surface area contributed by atoms with Crippen LogP contribution in [0.2, 0.25) is 0 Å². The summed E-state index contributed by atoms with van der Waals surface area (Å²) in [7, 11) is 0. The van der Waals surface area contributed by atoms with E-state index >= 15 is 0 Å². The number of halogens is 1. The van der Waals surface area contributed by atoms with Crippen molar-refractivity contribution in [2.45, 2.75) is 19.9 Å². The van der Waals surface area contributed by atoms with Gasteiger partial charge in [0, 0.05) is 15.0 Å². The molecule has 2 aromatic heterocycles. The van der Waals surface area contributed by atoms with E-state index < -0.39 is 0 Å². The molecule has 0 amide bonds. The maximum Gasteiger partial charge on any atom is 0.198 e. The van der Waals surface area contributed by atoms with Crippen molar-refractivity contribution in [3.8, 4) is 11.6 Å². The zero-order valence-electron chi connectivity index (χ0n) is 11.2. The first-order valence-corrected chi connectivity index (χ1v) is 7.49. The van der Waals surface area contributed by atoms with Crippen LogP contribution < -0.4 is 5.32 Å². The molecule has 0 radical (unpaired) electrons. The Morgan fingerprint density at radius 3 is 2.75 bits per heavy atom. The lowest BCUT2D eigenvalue weighted by Crippen LogP contribution is -2.12. The minimum atomic E-state index is 0.301. The second-order valence-corrected chi connectivity index (χ2v) is 6.08. The third-order valence-corrected chi connectivity index (χ3v) is 3.50. The first kappa shape index (κ1) is 13.4. The van der Waals surface area contributed by atoms with Crippen LogP contribution in [0.5, 0.6) is 0 Å². The quantitative estimate of drug-likeness (QED) is 0.689. The number of furan rings is 1. The number of rotatable bonds is 3. The van der Waals surface area contributed by atoms with E-state index in [0.717, 1.165) is 20.3 Å². The van der Waals surface area contributed by atoms with Crippen LogP contribution in [0.4, 0.5) is 5.82 Å². The van der Waals surface area contributed by atoms with E-state index in [9.17, 15) is 0 Å². The van der Waals surface area contributed by atoms with Crippen LogP contribution >= 0.6 is 22.6 Å². The Hall–Kier alpha value is -1.63. The topological polar surface area (TPSA) is 51.0 Å². The first-order chi connectivity index (χ1) is 9.63. The van der Waals surface area contributed by atoms with E-state index in [4.69, 9.17) is 4.42 Å². The Kier molecular flexibility index (Phi) is 3.60. The van der Waals surface area contributed by atoms with Crippen molar-refractivity contribution in [1.82, 2.24) is 9.97 Å². The van der Waals surface area contributed by atoms with Crippen LogP contribution in [0.25, 0.3) is 22.5 Å². The SMILES string of the molecule is CC(C)Nc1nc(-c2ccco2)nc2ccc(I)cc12. The van der Waals surface area contributed by atoms with E-state index in [2.05, 4.69) is 57.8 Å². The highest BCUT2D eigenvalue weighted by atomic mass is 127. The number of benzene rings is 1. The van der Waals surface area contributed by atoms with Crippen molar-refractivity contribution in [1.29, 1.82) is 0 Å². The van der Waals surface area contributed by atoms with Gasteiger partial charge < -0.3 is 9.73 Å². The molecule has 0 bridgehead atoms. The molecule has 0 unspecified atom stereocenters. The second kappa shape index (κ2) is 5.40. The molecule has 5 heteroatoms. The molecule has 0 aliphatic rings. The highest BCUT2D eigenvalue weighted by Crippen LogP contribution is 2.27. The summed E-state index contributed by atoms with van der Waals surface area (Å²) in [4.78, 5) is 9.18. The van der Waals surface area contributed by atoms with Gasteiger partial charge >= 0.3 is 0 Å². The maximum atomic E-state index is 5.40. The third-order valence-electron chi connectivity index (χ3n) is 2.82. The summed E-state index contributed by atoms with van der Waals surface area (Å²) in [6.07, 6.45) is 1.63.